The number of aryl methyl sites for hydroxylation is 5. The summed E-state index contributed by atoms with van der Waals surface area (Å²) < 4.78 is 0. The Balaban J connectivity index is 1.65. The molecule has 29 heavy (non-hydrogen) atoms. The third kappa shape index (κ3) is 4.22. The summed E-state index contributed by atoms with van der Waals surface area (Å²) in [6.45, 7) is 6.80. The van der Waals surface area contributed by atoms with Crippen molar-refractivity contribution in [2.45, 2.75) is 59.3 Å². The summed E-state index contributed by atoms with van der Waals surface area (Å²) in [6.07, 6.45) is 9.15. The molecule has 0 amide bonds. The van der Waals surface area contributed by atoms with Crippen LogP contribution in [0.25, 0.3) is 5.57 Å². The van der Waals surface area contributed by atoms with Gasteiger partial charge in [-0.2, -0.15) is 0 Å². The van der Waals surface area contributed by atoms with Gasteiger partial charge in [0, 0.05) is 0 Å². The zero-order valence-electron chi connectivity index (χ0n) is 18.1. The summed E-state index contributed by atoms with van der Waals surface area (Å²) in [7, 11) is 0. The van der Waals surface area contributed by atoms with Gasteiger partial charge in [-0.1, -0.05) is 80.6 Å². The number of hydrogen-bond donors (Lipinski definition) is 0. The monoisotopic (exact) mass is 380 g/mol. The molecule has 0 nitrogen and oxygen atoms in total. The van der Waals surface area contributed by atoms with Crippen molar-refractivity contribution in [1.82, 2.24) is 0 Å². The first-order valence-electron chi connectivity index (χ1n) is 11.2. The Labute approximate surface area is 176 Å². The predicted octanol–water partition coefficient (Wildman–Crippen LogP) is 7.28. The standard InChI is InChI=1S/C29H32/c1-4-22-13-15-23(16-14-22)17-18-26-20-27(19-24(5-2)21(26)3)29-12-8-10-25-9-6-7-11-28(25)29/h6-7,9,11-16,19-20H,4-5,8,10,17-18H2,1-3H3. The second kappa shape index (κ2) is 8.82. The van der Waals surface area contributed by atoms with Crippen molar-refractivity contribution in [1.29, 1.82) is 0 Å². The molecule has 0 radical (unpaired) electrons. The summed E-state index contributed by atoms with van der Waals surface area (Å²) in [5.41, 5.74) is 13.1. The summed E-state index contributed by atoms with van der Waals surface area (Å²) >= 11 is 0. The molecule has 3 aromatic rings. The quantitative estimate of drug-likeness (QED) is 0.421. The molecule has 0 bridgehead atoms. The van der Waals surface area contributed by atoms with Crippen LogP contribution in [0.2, 0.25) is 0 Å². The highest BCUT2D eigenvalue weighted by molar-refractivity contribution is 5.83. The maximum atomic E-state index is 2.46. The topological polar surface area (TPSA) is 0 Å². The van der Waals surface area contributed by atoms with E-state index in [1.54, 1.807) is 0 Å². The Kier molecular flexibility index (Phi) is 6.00. The molecule has 0 spiro atoms. The summed E-state index contributed by atoms with van der Waals surface area (Å²) in [5.74, 6) is 0. The second-order valence-electron chi connectivity index (χ2n) is 8.26. The number of fused-ring (bicyclic) bond motifs is 1. The van der Waals surface area contributed by atoms with Crippen LogP contribution in [0.5, 0.6) is 0 Å². The fraction of sp³-hybridized carbons (Fsp3) is 0.310. The van der Waals surface area contributed by atoms with Crippen LogP contribution in [0, 0.1) is 6.92 Å². The first-order valence-corrected chi connectivity index (χ1v) is 11.2. The van der Waals surface area contributed by atoms with Gasteiger partial charge in [0.25, 0.3) is 0 Å². The molecule has 148 valence electrons. The van der Waals surface area contributed by atoms with Crippen molar-refractivity contribution in [2.24, 2.45) is 0 Å². The van der Waals surface area contributed by atoms with Crippen LogP contribution >= 0.6 is 0 Å². The Morgan fingerprint density at radius 3 is 2.24 bits per heavy atom. The van der Waals surface area contributed by atoms with Gasteiger partial charge in [0.15, 0.2) is 0 Å². The first kappa shape index (κ1) is 19.7. The lowest BCUT2D eigenvalue weighted by atomic mass is 9.84. The first-order chi connectivity index (χ1) is 14.2. The van der Waals surface area contributed by atoms with Gasteiger partial charge in [-0.15, -0.1) is 0 Å². The minimum atomic E-state index is 1.09. The molecule has 1 aliphatic carbocycles. The van der Waals surface area contributed by atoms with Crippen molar-refractivity contribution in [2.75, 3.05) is 0 Å². The van der Waals surface area contributed by atoms with E-state index in [4.69, 9.17) is 0 Å². The summed E-state index contributed by atoms with van der Waals surface area (Å²) in [5, 5.41) is 0. The van der Waals surface area contributed by atoms with Gasteiger partial charge in [-0.3, -0.25) is 0 Å². The molecule has 3 aromatic carbocycles. The minimum Gasteiger partial charge on any atom is -0.0757 e. The fourth-order valence-corrected chi connectivity index (χ4v) is 4.60. The Bertz CT molecular complexity index is 1020. The van der Waals surface area contributed by atoms with Gasteiger partial charge in [-0.05, 0) is 95.5 Å². The van der Waals surface area contributed by atoms with Crippen molar-refractivity contribution in [3.05, 3.63) is 111 Å². The van der Waals surface area contributed by atoms with Gasteiger partial charge in [0.05, 0.1) is 0 Å². The lowest BCUT2D eigenvalue weighted by Gasteiger charge is -2.21. The molecule has 0 saturated carbocycles. The van der Waals surface area contributed by atoms with Crippen LogP contribution in [-0.2, 0) is 32.1 Å². The van der Waals surface area contributed by atoms with Crippen LogP contribution < -0.4 is 0 Å². The molecule has 0 fully saturated rings. The molecule has 1 aliphatic rings. The van der Waals surface area contributed by atoms with Crippen molar-refractivity contribution >= 4 is 5.57 Å². The van der Waals surface area contributed by atoms with Gasteiger partial charge >= 0.3 is 0 Å². The smallest absolute Gasteiger partial charge is 0.0148 e. The normalized spacial score (nSPS) is 13.1. The Morgan fingerprint density at radius 1 is 0.759 bits per heavy atom. The molecular weight excluding hydrogens is 348 g/mol. The van der Waals surface area contributed by atoms with Gasteiger partial charge in [-0.25, -0.2) is 0 Å². The highest BCUT2D eigenvalue weighted by Gasteiger charge is 2.16. The number of hydrogen-bond acceptors (Lipinski definition) is 0. The molecule has 4 rings (SSSR count). The van der Waals surface area contributed by atoms with E-state index in [1.807, 2.05) is 0 Å². The molecule has 0 atom stereocenters. The number of benzene rings is 3. The molecular formula is C29H32. The lowest BCUT2D eigenvalue weighted by Crippen LogP contribution is -2.04. The maximum absolute atomic E-state index is 2.46. The highest BCUT2D eigenvalue weighted by Crippen LogP contribution is 2.34. The van der Waals surface area contributed by atoms with Gasteiger partial charge in [0.1, 0.15) is 0 Å². The molecule has 0 aromatic heterocycles. The van der Waals surface area contributed by atoms with E-state index < -0.39 is 0 Å². The summed E-state index contributed by atoms with van der Waals surface area (Å²) in [4.78, 5) is 0. The number of rotatable bonds is 6. The van der Waals surface area contributed by atoms with Crippen LogP contribution in [0.3, 0.4) is 0 Å². The van der Waals surface area contributed by atoms with Crippen LogP contribution in [0.1, 0.15) is 64.8 Å². The average molecular weight is 381 g/mol. The molecule has 0 heterocycles. The number of allylic oxidation sites excluding steroid dienone is 1. The van der Waals surface area contributed by atoms with E-state index in [1.165, 1.54) is 50.1 Å². The minimum absolute atomic E-state index is 1.09. The van der Waals surface area contributed by atoms with Crippen molar-refractivity contribution in [3.63, 3.8) is 0 Å². The predicted molar refractivity (Wildman–Crippen MR) is 126 cm³/mol. The zero-order valence-corrected chi connectivity index (χ0v) is 18.1. The maximum Gasteiger partial charge on any atom is -0.0148 e. The summed E-state index contributed by atoms with van der Waals surface area (Å²) in [6, 6.07) is 23.0. The molecule has 0 aliphatic heterocycles. The average Bonchev–Trinajstić information content (AvgIpc) is 2.78. The molecule has 0 unspecified atom stereocenters. The van der Waals surface area contributed by atoms with Crippen molar-refractivity contribution < 1.29 is 0 Å². The SMILES string of the molecule is CCc1ccc(CCc2cc(C3=CCCc4ccccc43)cc(CC)c2C)cc1. The highest BCUT2D eigenvalue weighted by atomic mass is 14.2. The second-order valence-corrected chi connectivity index (χ2v) is 8.26. The molecule has 0 heteroatoms. The van der Waals surface area contributed by atoms with E-state index >= 15 is 0 Å². The van der Waals surface area contributed by atoms with E-state index in [9.17, 15) is 0 Å². The largest absolute Gasteiger partial charge is 0.0757 e. The zero-order chi connectivity index (χ0) is 20.2. The van der Waals surface area contributed by atoms with Gasteiger partial charge in [0.2, 0.25) is 0 Å². The third-order valence-corrected chi connectivity index (χ3v) is 6.50. The van der Waals surface area contributed by atoms with E-state index in [2.05, 4.69) is 87.5 Å². The lowest BCUT2D eigenvalue weighted by molar-refractivity contribution is 0.933. The Hall–Kier alpha value is -2.60. The third-order valence-electron chi connectivity index (χ3n) is 6.50. The van der Waals surface area contributed by atoms with E-state index in [0.717, 1.165) is 38.5 Å². The van der Waals surface area contributed by atoms with E-state index in [-0.39, 0.29) is 0 Å². The molecule has 0 saturated heterocycles. The van der Waals surface area contributed by atoms with Crippen LogP contribution in [0.15, 0.2) is 66.7 Å². The van der Waals surface area contributed by atoms with Crippen LogP contribution in [-0.4, -0.2) is 0 Å². The van der Waals surface area contributed by atoms with Crippen LogP contribution in [0.4, 0.5) is 0 Å². The fourth-order valence-electron chi connectivity index (χ4n) is 4.60. The van der Waals surface area contributed by atoms with Crippen molar-refractivity contribution in [3.8, 4) is 0 Å². The Morgan fingerprint density at radius 2 is 1.48 bits per heavy atom. The van der Waals surface area contributed by atoms with E-state index in [0.29, 0.717) is 0 Å². The molecule has 0 N–H and O–H groups in total. The van der Waals surface area contributed by atoms with Gasteiger partial charge < -0.3 is 0 Å².